The van der Waals surface area contributed by atoms with E-state index in [1.807, 2.05) is 55.7 Å². The largest absolute Gasteiger partial charge is 0.498 e. The molecule has 2 unspecified atom stereocenters. The smallest absolute Gasteiger partial charge is 0.486 e. The van der Waals surface area contributed by atoms with Crippen molar-refractivity contribution >= 4 is 24.8 Å². The van der Waals surface area contributed by atoms with Gasteiger partial charge in [-0.25, -0.2) is 9.59 Å². The Labute approximate surface area is 327 Å². The number of piperidine rings is 2. The molecule has 2 N–H and O–H groups in total. The Morgan fingerprint density at radius 3 is 1.68 bits per heavy atom. The SMILES string of the molecule is COC(=O)N1CC[C@]23c4c5ccc(B6OC(C)(C)C(C)(C)O6)c4O[C@H]2[C@@H](O)C=C[C@H]3C1C5.COC(=O)N1CC[C@]23c4c5ccc(C)c4O[C@H]2[C@@H](O)C=C[C@H]3C1C5. The molecule has 3 saturated heterocycles. The predicted molar refractivity (Wildman–Crippen MR) is 205 cm³/mol. The average molecular weight is 767 g/mol. The van der Waals surface area contributed by atoms with Crippen LogP contribution in [0.5, 0.6) is 11.5 Å². The Kier molecular flexibility index (Phi) is 7.78. The third-order valence-electron chi connectivity index (χ3n) is 15.3. The summed E-state index contributed by atoms with van der Waals surface area (Å²) in [6.07, 6.45) is 8.37. The summed E-state index contributed by atoms with van der Waals surface area (Å²) in [6.45, 7) is 11.5. The Bertz CT molecular complexity index is 2090. The molecule has 2 spiro atoms. The molecular weight excluding hydrogens is 715 g/mol. The maximum Gasteiger partial charge on any atom is 0.498 e. The van der Waals surface area contributed by atoms with Crippen molar-refractivity contribution in [2.24, 2.45) is 11.8 Å². The van der Waals surface area contributed by atoms with Gasteiger partial charge in [0.15, 0.2) is 0 Å². The van der Waals surface area contributed by atoms with E-state index in [4.69, 9.17) is 28.3 Å². The zero-order valence-corrected chi connectivity index (χ0v) is 33.1. The van der Waals surface area contributed by atoms with Gasteiger partial charge in [0.25, 0.3) is 0 Å². The van der Waals surface area contributed by atoms with E-state index in [1.54, 1.807) is 0 Å². The van der Waals surface area contributed by atoms with Gasteiger partial charge < -0.3 is 48.3 Å². The molecule has 0 radical (unpaired) electrons. The number of likely N-dealkylation sites (tertiary alicyclic amines) is 2. The molecule has 56 heavy (non-hydrogen) atoms. The molecule has 3 fully saturated rings. The van der Waals surface area contributed by atoms with E-state index in [1.165, 1.54) is 36.5 Å². The van der Waals surface area contributed by atoms with Crippen LogP contribution in [0.2, 0.25) is 0 Å². The Hall–Kier alpha value is -4.04. The van der Waals surface area contributed by atoms with E-state index < -0.39 is 36.6 Å². The van der Waals surface area contributed by atoms with Crippen LogP contribution in [0.3, 0.4) is 0 Å². The van der Waals surface area contributed by atoms with Crippen molar-refractivity contribution in [1.82, 2.24) is 9.80 Å². The number of carbonyl (C=O) groups is 2. The van der Waals surface area contributed by atoms with Crippen LogP contribution >= 0.6 is 0 Å². The molecule has 5 heterocycles. The standard InChI is InChI=1S/C24H30BNO6.C19H21NO4/c1-22(2)23(3,4)32-25(31-22)15-8-6-13-12-16-14-7-9-17(27)20-24(14,18(13)19(15)30-20)10-11-26(16)21(28)29-5;1-10-3-4-11-9-13-12-5-6-14(21)17-19(12,15(11)16(10)24-17)7-8-20(13)18(22)23-2/h6-9,14,16-17,20,27H,10-12H2,1-5H3;3-6,12-14,17,21H,7-9H2,1-2H3/t14-,16?,17-,20-,24-;12-,13?,14-,17-,19-/m00/s1. The fourth-order valence-electron chi connectivity index (χ4n) is 12.1. The average Bonchev–Trinajstić information content (AvgIpc) is 3.78. The second kappa shape index (κ2) is 12.0. The summed E-state index contributed by atoms with van der Waals surface area (Å²) in [7, 11) is 2.33. The normalized spacial score (nSPS) is 37.4. The number of hydrogen-bond acceptors (Lipinski definition) is 10. The van der Waals surface area contributed by atoms with Crippen molar-refractivity contribution in [2.45, 2.75) is 119 Å². The summed E-state index contributed by atoms with van der Waals surface area (Å²) in [5.41, 5.74) is 5.36. The Morgan fingerprint density at radius 1 is 0.714 bits per heavy atom. The topological polar surface area (TPSA) is 136 Å². The van der Waals surface area contributed by atoms with Crippen molar-refractivity contribution in [1.29, 1.82) is 0 Å². The zero-order chi connectivity index (χ0) is 39.3. The van der Waals surface area contributed by atoms with Crippen molar-refractivity contribution in [3.05, 3.63) is 76.4 Å². The summed E-state index contributed by atoms with van der Waals surface area (Å²) in [5.74, 6) is 1.97. The number of aliphatic hydroxyl groups excluding tert-OH is 2. The van der Waals surface area contributed by atoms with Gasteiger partial charge in [-0.3, -0.25) is 0 Å². The fraction of sp³-hybridized carbons (Fsp3) is 0.581. The van der Waals surface area contributed by atoms with E-state index >= 15 is 0 Å². The lowest BCUT2D eigenvalue weighted by Gasteiger charge is -2.56. The second-order valence-electron chi connectivity index (χ2n) is 18.2. The molecule has 4 aliphatic carbocycles. The van der Waals surface area contributed by atoms with Gasteiger partial charge in [0.05, 0.1) is 25.4 Å². The molecule has 2 aromatic rings. The number of nitrogens with zero attached hydrogens (tertiary/aromatic N) is 2. The van der Waals surface area contributed by atoms with Crippen LogP contribution < -0.4 is 14.9 Å². The van der Waals surface area contributed by atoms with Crippen molar-refractivity contribution < 1.29 is 48.1 Å². The van der Waals surface area contributed by atoms with Crippen LogP contribution in [-0.2, 0) is 42.5 Å². The van der Waals surface area contributed by atoms with Crippen molar-refractivity contribution in [3.63, 3.8) is 0 Å². The molecule has 5 aliphatic heterocycles. The first-order valence-corrected chi connectivity index (χ1v) is 20.1. The minimum absolute atomic E-state index is 0.0211. The molecule has 0 aromatic heterocycles. The van der Waals surface area contributed by atoms with Gasteiger partial charge in [-0.2, -0.15) is 0 Å². The van der Waals surface area contributed by atoms with Gasteiger partial charge >= 0.3 is 19.3 Å². The molecule has 296 valence electrons. The number of rotatable bonds is 1. The summed E-state index contributed by atoms with van der Waals surface area (Å²) >= 11 is 0. The van der Waals surface area contributed by atoms with Crippen LogP contribution in [0.1, 0.15) is 68.4 Å². The molecular formula is C43H51BN2O10. The number of aryl methyl sites for hydroxylation is 1. The predicted octanol–water partition coefficient (Wildman–Crippen LogP) is 3.87. The second-order valence-corrected chi connectivity index (χ2v) is 18.2. The van der Waals surface area contributed by atoms with Gasteiger partial charge in [-0.1, -0.05) is 48.6 Å². The van der Waals surface area contributed by atoms with Gasteiger partial charge in [0.2, 0.25) is 0 Å². The summed E-state index contributed by atoms with van der Waals surface area (Å²) < 4.78 is 35.7. The minimum Gasteiger partial charge on any atom is -0.486 e. The monoisotopic (exact) mass is 766 g/mol. The quantitative estimate of drug-likeness (QED) is 0.326. The highest BCUT2D eigenvalue weighted by Gasteiger charge is 2.67. The third-order valence-corrected chi connectivity index (χ3v) is 15.3. The summed E-state index contributed by atoms with van der Waals surface area (Å²) in [4.78, 5) is 28.5. The molecule has 12 nitrogen and oxygen atoms in total. The summed E-state index contributed by atoms with van der Waals surface area (Å²) in [5, 5.41) is 21.5. The van der Waals surface area contributed by atoms with Crippen LogP contribution in [-0.4, -0.2) is 114 Å². The first-order valence-electron chi connectivity index (χ1n) is 20.1. The zero-order valence-electron chi connectivity index (χ0n) is 33.1. The molecule has 10 atom stereocenters. The minimum atomic E-state index is -0.707. The van der Waals surface area contributed by atoms with E-state index in [0.29, 0.717) is 19.5 Å². The van der Waals surface area contributed by atoms with Crippen molar-refractivity contribution in [2.75, 3.05) is 27.3 Å². The molecule has 2 aromatic carbocycles. The van der Waals surface area contributed by atoms with Gasteiger partial charge in [0.1, 0.15) is 35.9 Å². The van der Waals surface area contributed by atoms with E-state index in [-0.39, 0.29) is 53.0 Å². The number of methoxy groups -OCH3 is 2. The maximum absolute atomic E-state index is 12.5. The third kappa shape index (κ3) is 4.51. The number of hydrogen-bond donors (Lipinski definition) is 2. The lowest BCUT2D eigenvalue weighted by Crippen LogP contribution is -2.66. The van der Waals surface area contributed by atoms with Crippen molar-refractivity contribution in [3.8, 4) is 11.5 Å². The molecule has 4 bridgehead atoms. The number of benzene rings is 2. The van der Waals surface area contributed by atoms with Gasteiger partial charge in [-0.15, -0.1) is 0 Å². The van der Waals surface area contributed by atoms with Crippen LogP contribution in [0, 0.1) is 18.8 Å². The number of amides is 2. The highest BCUT2D eigenvalue weighted by atomic mass is 16.7. The highest BCUT2D eigenvalue weighted by Crippen LogP contribution is 2.62. The molecule has 13 heteroatoms. The Balaban J connectivity index is 0.000000143. The van der Waals surface area contributed by atoms with Gasteiger partial charge in [-0.05, 0) is 77.0 Å². The van der Waals surface area contributed by atoms with Crippen LogP contribution in [0.15, 0.2) is 48.6 Å². The van der Waals surface area contributed by atoms with Gasteiger partial charge in [0, 0.05) is 64.4 Å². The lowest BCUT2D eigenvalue weighted by atomic mass is 9.53. The lowest BCUT2D eigenvalue weighted by molar-refractivity contribution is -0.0471. The van der Waals surface area contributed by atoms with E-state index in [9.17, 15) is 19.8 Å². The first-order chi connectivity index (χ1) is 26.7. The van der Waals surface area contributed by atoms with E-state index in [2.05, 4.69) is 37.3 Å². The highest BCUT2D eigenvalue weighted by molar-refractivity contribution is 6.63. The van der Waals surface area contributed by atoms with Crippen LogP contribution in [0.25, 0.3) is 0 Å². The maximum atomic E-state index is 12.5. The number of aliphatic hydroxyl groups is 2. The fourth-order valence-corrected chi connectivity index (χ4v) is 12.1. The number of ether oxygens (including phenoxy) is 4. The molecule has 2 amide bonds. The van der Waals surface area contributed by atoms with Crippen LogP contribution in [0.4, 0.5) is 9.59 Å². The first kappa shape index (κ1) is 36.3. The number of carbonyl (C=O) groups excluding carboxylic acids is 2. The van der Waals surface area contributed by atoms with E-state index in [0.717, 1.165) is 41.8 Å². The summed E-state index contributed by atoms with van der Waals surface area (Å²) in [6, 6.07) is 8.44. The Morgan fingerprint density at radius 2 is 1.18 bits per heavy atom. The molecule has 11 rings (SSSR count). The molecule has 9 aliphatic rings. The molecule has 0 saturated carbocycles.